The van der Waals surface area contributed by atoms with Gasteiger partial charge >= 0.3 is 0 Å². The Morgan fingerprint density at radius 1 is 1.27 bits per heavy atom. The quantitative estimate of drug-likeness (QED) is 0.778. The van der Waals surface area contributed by atoms with Crippen LogP contribution in [0.15, 0.2) is 24.3 Å². The van der Waals surface area contributed by atoms with Crippen LogP contribution in [0.4, 0.5) is 0 Å². The van der Waals surface area contributed by atoms with Gasteiger partial charge in [0.25, 0.3) is 0 Å². The van der Waals surface area contributed by atoms with E-state index in [1.165, 1.54) is 18.4 Å². The molecule has 1 atom stereocenters. The third-order valence-corrected chi connectivity index (χ3v) is 2.41. The van der Waals surface area contributed by atoms with Crippen LogP contribution in [-0.2, 0) is 6.42 Å². The lowest BCUT2D eigenvalue weighted by molar-refractivity contribution is 0.230. The summed E-state index contributed by atoms with van der Waals surface area (Å²) in [6.45, 7) is 4.74. The van der Waals surface area contributed by atoms with Crippen molar-refractivity contribution >= 4 is 0 Å². The maximum absolute atomic E-state index is 5.60. The van der Waals surface area contributed by atoms with E-state index in [1.807, 2.05) is 19.1 Å². The molecule has 15 heavy (non-hydrogen) atoms. The van der Waals surface area contributed by atoms with Crippen LogP contribution in [0.5, 0.6) is 5.75 Å². The van der Waals surface area contributed by atoms with Crippen molar-refractivity contribution in [1.82, 2.24) is 0 Å². The lowest BCUT2D eigenvalue weighted by Gasteiger charge is -2.12. The van der Waals surface area contributed by atoms with Gasteiger partial charge in [-0.3, -0.25) is 0 Å². The smallest absolute Gasteiger partial charge is 0.119 e. The molecule has 0 saturated carbocycles. The first kappa shape index (κ1) is 12.1. The van der Waals surface area contributed by atoms with Crippen molar-refractivity contribution in [2.24, 2.45) is 5.73 Å². The highest BCUT2D eigenvalue weighted by Gasteiger charge is 2.00. The largest absolute Gasteiger partial charge is 0.489 e. The normalized spacial score (nSPS) is 12.5. The number of unbranched alkanes of at least 4 members (excludes halogenated alkanes) is 1. The molecule has 84 valence electrons. The summed E-state index contributed by atoms with van der Waals surface area (Å²) in [7, 11) is 0. The molecule has 2 N–H and O–H groups in total. The first-order valence-corrected chi connectivity index (χ1v) is 5.72. The fourth-order valence-corrected chi connectivity index (χ4v) is 1.40. The second-order valence-corrected chi connectivity index (χ2v) is 3.91. The molecule has 0 saturated heterocycles. The van der Waals surface area contributed by atoms with Gasteiger partial charge in [0, 0.05) is 6.54 Å². The predicted octanol–water partition coefficient (Wildman–Crippen LogP) is 2.76. The first-order valence-electron chi connectivity index (χ1n) is 5.72. The van der Waals surface area contributed by atoms with Crippen molar-refractivity contribution in [1.29, 1.82) is 0 Å². The lowest BCUT2D eigenvalue weighted by atomic mass is 10.1. The second-order valence-electron chi connectivity index (χ2n) is 3.91. The SMILES string of the molecule is CCCCc1ccc(OC(C)CN)cc1. The van der Waals surface area contributed by atoms with Gasteiger partial charge in [0.05, 0.1) is 0 Å². The third kappa shape index (κ3) is 4.34. The molecule has 1 unspecified atom stereocenters. The van der Waals surface area contributed by atoms with Gasteiger partial charge in [0.15, 0.2) is 0 Å². The summed E-state index contributed by atoms with van der Waals surface area (Å²) in [6, 6.07) is 8.32. The minimum Gasteiger partial charge on any atom is -0.489 e. The van der Waals surface area contributed by atoms with Crippen molar-refractivity contribution in [3.05, 3.63) is 29.8 Å². The number of aryl methyl sites for hydroxylation is 1. The van der Waals surface area contributed by atoms with Crippen LogP contribution in [0.2, 0.25) is 0 Å². The molecule has 0 aliphatic carbocycles. The van der Waals surface area contributed by atoms with Crippen molar-refractivity contribution in [2.45, 2.75) is 39.2 Å². The Balaban J connectivity index is 2.48. The average molecular weight is 207 g/mol. The molecule has 2 nitrogen and oxygen atoms in total. The van der Waals surface area contributed by atoms with Crippen LogP contribution in [0, 0.1) is 0 Å². The molecule has 0 fully saturated rings. The van der Waals surface area contributed by atoms with Crippen molar-refractivity contribution < 1.29 is 4.74 Å². The van der Waals surface area contributed by atoms with Gasteiger partial charge in [-0.1, -0.05) is 25.5 Å². The Morgan fingerprint density at radius 3 is 2.47 bits per heavy atom. The Kier molecular flexibility index (Phi) is 5.19. The summed E-state index contributed by atoms with van der Waals surface area (Å²) in [5.41, 5.74) is 6.87. The first-order chi connectivity index (χ1) is 7.26. The van der Waals surface area contributed by atoms with Crippen LogP contribution in [0.25, 0.3) is 0 Å². The number of ether oxygens (including phenoxy) is 1. The minimum absolute atomic E-state index is 0.0893. The van der Waals surface area contributed by atoms with Gasteiger partial charge in [-0.2, -0.15) is 0 Å². The Labute approximate surface area is 92.4 Å². The highest BCUT2D eigenvalue weighted by atomic mass is 16.5. The van der Waals surface area contributed by atoms with Crippen LogP contribution >= 0.6 is 0 Å². The summed E-state index contributed by atoms with van der Waals surface area (Å²) in [6.07, 6.45) is 3.73. The van der Waals surface area contributed by atoms with E-state index in [0.717, 1.165) is 12.2 Å². The van der Waals surface area contributed by atoms with E-state index in [4.69, 9.17) is 10.5 Å². The van der Waals surface area contributed by atoms with Crippen LogP contribution in [-0.4, -0.2) is 12.6 Å². The van der Waals surface area contributed by atoms with Crippen LogP contribution in [0.3, 0.4) is 0 Å². The fraction of sp³-hybridized carbons (Fsp3) is 0.538. The Morgan fingerprint density at radius 2 is 1.93 bits per heavy atom. The van der Waals surface area contributed by atoms with E-state index in [-0.39, 0.29) is 6.10 Å². The zero-order chi connectivity index (χ0) is 11.1. The van der Waals surface area contributed by atoms with Crippen molar-refractivity contribution in [3.8, 4) is 5.75 Å². The second kappa shape index (κ2) is 6.46. The number of nitrogens with two attached hydrogens (primary N) is 1. The molecule has 0 aliphatic heterocycles. The summed E-state index contributed by atoms with van der Waals surface area (Å²) in [4.78, 5) is 0. The molecule has 0 spiro atoms. The maximum atomic E-state index is 5.60. The van der Waals surface area contributed by atoms with Gasteiger partial charge in [-0.05, 0) is 37.5 Å². The molecule has 1 aromatic rings. The standard InChI is InChI=1S/C13H21NO/c1-3-4-5-12-6-8-13(9-7-12)15-11(2)10-14/h6-9,11H,3-5,10,14H2,1-2H3. The molecule has 0 amide bonds. The van der Waals surface area contributed by atoms with E-state index in [9.17, 15) is 0 Å². The van der Waals surface area contributed by atoms with Crippen LogP contribution in [0.1, 0.15) is 32.3 Å². The van der Waals surface area contributed by atoms with E-state index >= 15 is 0 Å². The molecule has 1 aromatic carbocycles. The molecule has 0 aromatic heterocycles. The Hall–Kier alpha value is -1.02. The van der Waals surface area contributed by atoms with Crippen molar-refractivity contribution in [3.63, 3.8) is 0 Å². The van der Waals surface area contributed by atoms with E-state index in [0.29, 0.717) is 6.54 Å². The molecule has 2 heteroatoms. The van der Waals surface area contributed by atoms with Gasteiger partial charge in [0.2, 0.25) is 0 Å². The average Bonchev–Trinajstić information content (AvgIpc) is 2.28. The van der Waals surface area contributed by atoms with Gasteiger partial charge in [0.1, 0.15) is 11.9 Å². The summed E-state index contributed by atoms with van der Waals surface area (Å²) in [5.74, 6) is 0.910. The molecule has 0 aliphatic rings. The monoisotopic (exact) mass is 207 g/mol. The van der Waals surface area contributed by atoms with Crippen molar-refractivity contribution in [2.75, 3.05) is 6.54 Å². The molecule has 0 bridgehead atoms. The summed E-state index contributed by atoms with van der Waals surface area (Å²) < 4.78 is 5.60. The number of hydrogen-bond donors (Lipinski definition) is 1. The molecular formula is C13H21NO. The minimum atomic E-state index is 0.0893. The highest BCUT2D eigenvalue weighted by Crippen LogP contribution is 2.15. The van der Waals surface area contributed by atoms with E-state index in [1.54, 1.807) is 0 Å². The van der Waals surface area contributed by atoms with E-state index in [2.05, 4.69) is 19.1 Å². The zero-order valence-electron chi connectivity index (χ0n) is 9.70. The summed E-state index contributed by atoms with van der Waals surface area (Å²) in [5, 5.41) is 0. The maximum Gasteiger partial charge on any atom is 0.119 e. The third-order valence-electron chi connectivity index (χ3n) is 2.41. The number of benzene rings is 1. The Bertz CT molecular complexity index is 268. The number of rotatable bonds is 6. The number of hydrogen-bond acceptors (Lipinski definition) is 2. The molecule has 0 radical (unpaired) electrons. The summed E-state index contributed by atoms with van der Waals surface area (Å²) >= 11 is 0. The van der Waals surface area contributed by atoms with Gasteiger partial charge in [-0.15, -0.1) is 0 Å². The van der Waals surface area contributed by atoms with Gasteiger partial charge in [-0.25, -0.2) is 0 Å². The topological polar surface area (TPSA) is 35.2 Å². The molecule has 0 heterocycles. The van der Waals surface area contributed by atoms with E-state index < -0.39 is 0 Å². The molecular weight excluding hydrogens is 186 g/mol. The fourth-order valence-electron chi connectivity index (χ4n) is 1.40. The molecule has 1 rings (SSSR count). The van der Waals surface area contributed by atoms with Gasteiger partial charge < -0.3 is 10.5 Å². The lowest BCUT2D eigenvalue weighted by Crippen LogP contribution is -2.22. The highest BCUT2D eigenvalue weighted by molar-refractivity contribution is 5.27. The predicted molar refractivity (Wildman–Crippen MR) is 64.2 cm³/mol. The zero-order valence-corrected chi connectivity index (χ0v) is 9.70. The van der Waals surface area contributed by atoms with Crippen LogP contribution < -0.4 is 10.5 Å².